The van der Waals surface area contributed by atoms with Gasteiger partial charge in [-0.1, -0.05) is 12.1 Å². The zero-order valence-corrected chi connectivity index (χ0v) is 11.9. The van der Waals surface area contributed by atoms with Crippen molar-refractivity contribution in [2.75, 3.05) is 7.05 Å². The SMILES string of the molecule is CNC(c1cccc(F)c1Br)c1c(F)cc(F)cc1F. The maximum absolute atomic E-state index is 13.8. The second kappa shape index (κ2) is 5.93. The Morgan fingerprint density at radius 3 is 2.15 bits per heavy atom. The van der Waals surface area contributed by atoms with Gasteiger partial charge in [0.25, 0.3) is 0 Å². The van der Waals surface area contributed by atoms with Crippen molar-refractivity contribution in [1.29, 1.82) is 0 Å². The summed E-state index contributed by atoms with van der Waals surface area (Å²) >= 11 is 3.05. The molecule has 1 atom stereocenters. The molecule has 2 aromatic carbocycles. The quantitative estimate of drug-likeness (QED) is 0.815. The lowest BCUT2D eigenvalue weighted by molar-refractivity contribution is 0.498. The van der Waals surface area contributed by atoms with E-state index in [0.717, 1.165) is 0 Å². The summed E-state index contributed by atoms with van der Waals surface area (Å²) in [6, 6.07) is 4.42. The largest absolute Gasteiger partial charge is 0.309 e. The fourth-order valence-electron chi connectivity index (χ4n) is 2.03. The molecule has 0 aliphatic heterocycles. The molecule has 1 N–H and O–H groups in total. The zero-order valence-electron chi connectivity index (χ0n) is 10.4. The van der Waals surface area contributed by atoms with Gasteiger partial charge in [-0.05, 0) is 34.6 Å². The number of nitrogens with one attached hydrogen (secondary N) is 1. The van der Waals surface area contributed by atoms with Crippen LogP contribution in [0, 0.1) is 23.3 Å². The average molecular weight is 348 g/mol. The van der Waals surface area contributed by atoms with E-state index in [1.54, 1.807) is 0 Å². The molecule has 0 radical (unpaired) electrons. The summed E-state index contributed by atoms with van der Waals surface area (Å²) in [5.74, 6) is -3.61. The van der Waals surface area contributed by atoms with Gasteiger partial charge in [0.1, 0.15) is 23.3 Å². The van der Waals surface area contributed by atoms with Crippen molar-refractivity contribution in [3.05, 3.63) is 69.2 Å². The molecule has 0 heterocycles. The highest BCUT2D eigenvalue weighted by Crippen LogP contribution is 2.33. The van der Waals surface area contributed by atoms with Gasteiger partial charge in [-0.3, -0.25) is 0 Å². The molecule has 0 saturated heterocycles. The Morgan fingerprint density at radius 2 is 1.60 bits per heavy atom. The molecule has 0 aliphatic carbocycles. The number of rotatable bonds is 3. The van der Waals surface area contributed by atoms with Gasteiger partial charge in [0.05, 0.1) is 10.5 Å². The maximum Gasteiger partial charge on any atom is 0.137 e. The van der Waals surface area contributed by atoms with Crippen LogP contribution in [0.25, 0.3) is 0 Å². The first kappa shape index (κ1) is 15.0. The number of benzene rings is 2. The number of halogens is 5. The molecule has 0 saturated carbocycles. The summed E-state index contributed by atoms with van der Waals surface area (Å²) in [7, 11) is 1.48. The fourth-order valence-corrected chi connectivity index (χ4v) is 2.52. The van der Waals surface area contributed by atoms with E-state index < -0.39 is 29.3 Å². The van der Waals surface area contributed by atoms with Crippen molar-refractivity contribution in [1.82, 2.24) is 5.32 Å². The average Bonchev–Trinajstić information content (AvgIpc) is 2.37. The van der Waals surface area contributed by atoms with E-state index >= 15 is 0 Å². The summed E-state index contributed by atoms with van der Waals surface area (Å²) in [5.41, 5.74) is -0.0443. The summed E-state index contributed by atoms with van der Waals surface area (Å²) in [6.07, 6.45) is 0. The molecule has 0 bridgehead atoms. The van der Waals surface area contributed by atoms with Gasteiger partial charge in [0.15, 0.2) is 0 Å². The van der Waals surface area contributed by atoms with E-state index in [1.165, 1.54) is 25.2 Å². The van der Waals surface area contributed by atoms with Crippen LogP contribution in [0.4, 0.5) is 17.6 Å². The first-order chi connectivity index (χ1) is 9.45. The maximum atomic E-state index is 13.8. The highest BCUT2D eigenvalue weighted by molar-refractivity contribution is 9.10. The van der Waals surface area contributed by atoms with Crippen molar-refractivity contribution in [2.45, 2.75) is 6.04 Å². The molecule has 20 heavy (non-hydrogen) atoms. The van der Waals surface area contributed by atoms with Gasteiger partial charge in [0, 0.05) is 17.7 Å². The minimum absolute atomic E-state index is 0.0995. The van der Waals surface area contributed by atoms with Gasteiger partial charge in [0.2, 0.25) is 0 Å². The molecule has 1 nitrogen and oxygen atoms in total. The molecule has 0 spiro atoms. The molecule has 2 rings (SSSR count). The van der Waals surface area contributed by atoms with Crippen LogP contribution < -0.4 is 5.32 Å². The Bertz CT molecular complexity index is 622. The van der Waals surface area contributed by atoms with Gasteiger partial charge in [-0.25, -0.2) is 17.6 Å². The van der Waals surface area contributed by atoms with Crippen LogP contribution in [0.3, 0.4) is 0 Å². The van der Waals surface area contributed by atoms with Crippen LogP contribution >= 0.6 is 15.9 Å². The molecule has 0 aliphatic rings. The van der Waals surface area contributed by atoms with Crippen LogP contribution in [0.15, 0.2) is 34.8 Å². The predicted molar refractivity (Wildman–Crippen MR) is 71.3 cm³/mol. The van der Waals surface area contributed by atoms with Gasteiger partial charge in [-0.15, -0.1) is 0 Å². The third-order valence-corrected chi connectivity index (χ3v) is 3.75. The third-order valence-electron chi connectivity index (χ3n) is 2.91. The lowest BCUT2D eigenvalue weighted by Crippen LogP contribution is -2.21. The summed E-state index contributed by atoms with van der Waals surface area (Å²) in [4.78, 5) is 0. The molecular weight excluding hydrogens is 338 g/mol. The number of hydrogen-bond donors (Lipinski definition) is 1. The minimum atomic E-state index is -1.03. The minimum Gasteiger partial charge on any atom is -0.309 e. The van der Waals surface area contributed by atoms with Gasteiger partial charge >= 0.3 is 0 Å². The lowest BCUT2D eigenvalue weighted by Gasteiger charge is -2.20. The van der Waals surface area contributed by atoms with E-state index in [-0.39, 0.29) is 10.0 Å². The third kappa shape index (κ3) is 2.71. The molecule has 1 unspecified atom stereocenters. The second-order valence-corrected chi connectivity index (χ2v) is 4.94. The molecule has 0 aromatic heterocycles. The van der Waals surface area contributed by atoms with E-state index in [2.05, 4.69) is 21.2 Å². The second-order valence-electron chi connectivity index (χ2n) is 4.15. The monoisotopic (exact) mass is 347 g/mol. The molecule has 2 aromatic rings. The summed E-state index contributed by atoms with van der Waals surface area (Å²) < 4.78 is 54.3. The zero-order chi connectivity index (χ0) is 14.9. The Labute approximate surface area is 121 Å². The van der Waals surface area contributed by atoms with Crippen LogP contribution in [-0.4, -0.2) is 7.05 Å². The van der Waals surface area contributed by atoms with E-state index in [4.69, 9.17) is 0 Å². The Balaban J connectivity index is 2.62. The summed E-state index contributed by atoms with van der Waals surface area (Å²) in [5, 5.41) is 2.70. The van der Waals surface area contributed by atoms with Crippen LogP contribution in [-0.2, 0) is 0 Å². The predicted octanol–water partition coefficient (Wildman–Crippen LogP) is 4.31. The number of hydrogen-bond acceptors (Lipinski definition) is 1. The van der Waals surface area contributed by atoms with Crippen molar-refractivity contribution in [2.24, 2.45) is 0 Å². The van der Waals surface area contributed by atoms with Crippen LogP contribution in [0.5, 0.6) is 0 Å². The highest BCUT2D eigenvalue weighted by atomic mass is 79.9. The smallest absolute Gasteiger partial charge is 0.137 e. The Hall–Kier alpha value is -1.40. The molecule has 106 valence electrons. The molecule has 0 fully saturated rings. The first-order valence-electron chi connectivity index (χ1n) is 5.71. The Kier molecular flexibility index (Phi) is 4.45. The normalized spacial score (nSPS) is 12.5. The lowest BCUT2D eigenvalue weighted by atomic mass is 9.97. The van der Waals surface area contributed by atoms with Crippen molar-refractivity contribution in [3.8, 4) is 0 Å². The van der Waals surface area contributed by atoms with Gasteiger partial charge in [-0.2, -0.15) is 0 Å². The van der Waals surface area contributed by atoms with E-state index in [0.29, 0.717) is 17.7 Å². The standard InChI is InChI=1S/C14H10BrF4N/c1-20-14(8-3-2-4-9(17)13(8)15)12-10(18)5-7(16)6-11(12)19/h2-6,14,20H,1H3. The molecule has 0 amide bonds. The Morgan fingerprint density at radius 1 is 1.00 bits per heavy atom. The van der Waals surface area contributed by atoms with Crippen LogP contribution in [0.2, 0.25) is 0 Å². The summed E-state index contributed by atoms with van der Waals surface area (Å²) in [6.45, 7) is 0. The molecular formula is C14H10BrF4N. The fraction of sp³-hybridized carbons (Fsp3) is 0.143. The van der Waals surface area contributed by atoms with E-state index in [9.17, 15) is 17.6 Å². The van der Waals surface area contributed by atoms with Crippen molar-refractivity contribution >= 4 is 15.9 Å². The van der Waals surface area contributed by atoms with E-state index in [1.807, 2.05) is 0 Å². The highest BCUT2D eigenvalue weighted by Gasteiger charge is 2.24. The molecule has 6 heteroatoms. The van der Waals surface area contributed by atoms with Crippen molar-refractivity contribution in [3.63, 3.8) is 0 Å². The van der Waals surface area contributed by atoms with Gasteiger partial charge < -0.3 is 5.32 Å². The van der Waals surface area contributed by atoms with Crippen molar-refractivity contribution < 1.29 is 17.6 Å². The first-order valence-corrected chi connectivity index (χ1v) is 6.50. The van der Waals surface area contributed by atoms with Crippen LogP contribution in [0.1, 0.15) is 17.2 Å². The topological polar surface area (TPSA) is 12.0 Å².